The molecular weight excluding hydrogens is 138 g/mol. The maximum Gasteiger partial charge on any atom is 0.222 e. The first kappa shape index (κ1) is 8.57. The normalized spacial score (nSPS) is 31.0. The molecule has 1 aliphatic rings. The molecule has 1 amide bonds. The van der Waals surface area contributed by atoms with Crippen molar-refractivity contribution in [2.24, 2.45) is 5.92 Å². The number of likely N-dealkylation sites (tertiary alicyclic amines) is 1. The van der Waals surface area contributed by atoms with Gasteiger partial charge in [0.2, 0.25) is 5.91 Å². The molecule has 0 radical (unpaired) electrons. The van der Waals surface area contributed by atoms with Gasteiger partial charge < -0.3 is 4.90 Å². The third-order valence-corrected chi connectivity index (χ3v) is 2.76. The first-order valence-electron chi connectivity index (χ1n) is 4.46. The minimum absolute atomic E-state index is 0.307. The van der Waals surface area contributed by atoms with Crippen molar-refractivity contribution in [3.63, 3.8) is 0 Å². The topological polar surface area (TPSA) is 20.3 Å². The van der Waals surface area contributed by atoms with Crippen LogP contribution in [0.15, 0.2) is 0 Å². The molecule has 1 rings (SSSR count). The molecule has 0 aromatic rings. The Bertz CT molecular complexity index is 156. The highest BCUT2D eigenvalue weighted by Crippen LogP contribution is 2.23. The Kier molecular flexibility index (Phi) is 2.53. The zero-order valence-electron chi connectivity index (χ0n) is 7.63. The predicted molar refractivity (Wildman–Crippen MR) is 45.2 cm³/mol. The summed E-state index contributed by atoms with van der Waals surface area (Å²) >= 11 is 0. The van der Waals surface area contributed by atoms with Crippen molar-refractivity contribution >= 4 is 5.91 Å². The van der Waals surface area contributed by atoms with Gasteiger partial charge >= 0.3 is 0 Å². The van der Waals surface area contributed by atoms with Gasteiger partial charge in [0, 0.05) is 19.0 Å². The van der Waals surface area contributed by atoms with Gasteiger partial charge in [0.25, 0.3) is 0 Å². The largest absolute Gasteiger partial charge is 0.340 e. The van der Waals surface area contributed by atoms with Crippen molar-refractivity contribution in [2.45, 2.75) is 39.7 Å². The fraction of sp³-hybridized carbons (Fsp3) is 0.889. The lowest BCUT2D eigenvalue weighted by molar-refractivity contribution is -0.131. The quantitative estimate of drug-likeness (QED) is 0.564. The lowest BCUT2D eigenvalue weighted by Crippen LogP contribution is -2.34. The molecule has 0 saturated carbocycles. The van der Waals surface area contributed by atoms with E-state index in [4.69, 9.17) is 0 Å². The van der Waals surface area contributed by atoms with Crippen LogP contribution in [0, 0.1) is 5.92 Å². The van der Waals surface area contributed by atoms with E-state index in [9.17, 15) is 4.79 Å². The Labute approximate surface area is 68.6 Å². The SMILES string of the molecule is CCC(=O)N1CCC(C)C1C. The number of carbonyl (C=O) groups is 1. The zero-order valence-corrected chi connectivity index (χ0v) is 7.63. The average molecular weight is 155 g/mol. The molecule has 2 atom stereocenters. The summed E-state index contributed by atoms with van der Waals surface area (Å²) in [6.07, 6.45) is 1.82. The highest BCUT2D eigenvalue weighted by atomic mass is 16.2. The first-order valence-corrected chi connectivity index (χ1v) is 4.46. The molecule has 2 nitrogen and oxygen atoms in total. The molecule has 0 aromatic heterocycles. The minimum atomic E-state index is 0.307. The van der Waals surface area contributed by atoms with Gasteiger partial charge in [0.05, 0.1) is 0 Å². The Morgan fingerprint density at radius 3 is 2.55 bits per heavy atom. The Morgan fingerprint density at radius 1 is 1.55 bits per heavy atom. The van der Waals surface area contributed by atoms with Crippen LogP contribution in [0.25, 0.3) is 0 Å². The number of nitrogens with zero attached hydrogens (tertiary/aromatic N) is 1. The van der Waals surface area contributed by atoms with Crippen LogP contribution in [-0.4, -0.2) is 23.4 Å². The second-order valence-corrected chi connectivity index (χ2v) is 3.45. The number of rotatable bonds is 1. The summed E-state index contributed by atoms with van der Waals surface area (Å²) in [5.41, 5.74) is 0. The maximum absolute atomic E-state index is 11.3. The van der Waals surface area contributed by atoms with Gasteiger partial charge in [0.1, 0.15) is 0 Å². The van der Waals surface area contributed by atoms with E-state index < -0.39 is 0 Å². The number of hydrogen-bond donors (Lipinski definition) is 0. The fourth-order valence-corrected chi connectivity index (χ4v) is 1.65. The van der Waals surface area contributed by atoms with Crippen molar-refractivity contribution < 1.29 is 4.79 Å². The molecular formula is C9H17NO. The smallest absolute Gasteiger partial charge is 0.222 e. The highest BCUT2D eigenvalue weighted by molar-refractivity contribution is 5.76. The summed E-state index contributed by atoms with van der Waals surface area (Å²) in [5.74, 6) is 0.993. The van der Waals surface area contributed by atoms with E-state index in [1.54, 1.807) is 0 Å². The zero-order chi connectivity index (χ0) is 8.43. The van der Waals surface area contributed by atoms with Crippen molar-refractivity contribution in [2.75, 3.05) is 6.54 Å². The summed E-state index contributed by atoms with van der Waals surface area (Å²) in [5, 5.41) is 0. The Morgan fingerprint density at radius 2 is 2.18 bits per heavy atom. The van der Waals surface area contributed by atoms with Crippen molar-refractivity contribution in [1.29, 1.82) is 0 Å². The molecule has 1 fully saturated rings. The van der Waals surface area contributed by atoms with Crippen LogP contribution in [0.3, 0.4) is 0 Å². The lowest BCUT2D eigenvalue weighted by Gasteiger charge is -2.22. The van der Waals surface area contributed by atoms with Crippen LogP contribution in [-0.2, 0) is 4.79 Å². The van der Waals surface area contributed by atoms with E-state index >= 15 is 0 Å². The number of carbonyl (C=O) groups excluding carboxylic acids is 1. The van der Waals surface area contributed by atoms with Gasteiger partial charge in [-0.05, 0) is 19.3 Å². The van der Waals surface area contributed by atoms with Crippen LogP contribution in [0.1, 0.15) is 33.6 Å². The van der Waals surface area contributed by atoms with Crippen molar-refractivity contribution in [3.05, 3.63) is 0 Å². The van der Waals surface area contributed by atoms with Crippen LogP contribution in [0.5, 0.6) is 0 Å². The van der Waals surface area contributed by atoms with E-state index in [1.165, 1.54) is 6.42 Å². The molecule has 64 valence electrons. The average Bonchev–Trinajstić information content (AvgIpc) is 2.32. The van der Waals surface area contributed by atoms with E-state index in [1.807, 2.05) is 11.8 Å². The number of amides is 1. The van der Waals surface area contributed by atoms with E-state index in [0.29, 0.717) is 24.3 Å². The third kappa shape index (κ3) is 1.55. The van der Waals surface area contributed by atoms with Gasteiger partial charge in [-0.3, -0.25) is 4.79 Å². The van der Waals surface area contributed by atoms with E-state index in [0.717, 1.165) is 6.54 Å². The van der Waals surface area contributed by atoms with Gasteiger partial charge in [0.15, 0.2) is 0 Å². The summed E-state index contributed by atoms with van der Waals surface area (Å²) in [6, 6.07) is 0.461. The molecule has 0 aliphatic carbocycles. The second kappa shape index (κ2) is 3.24. The number of hydrogen-bond acceptors (Lipinski definition) is 1. The summed E-state index contributed by atoms with van der Waals surface area (Å²) in [6.45, 7) is 7.26. The maximum atomic E-state index is 11.3. The van der Waals surface area contributed by atoms with E-state index in [-0.39, 0.29) is 0 Å². The highest BCUT2D eigenvalue weighted by Gasteiger charge is 2.29. The molecule has 2 heteroatoms. The predicted octanol–water partition coefficient (Wildman–Crippen LogP) is 1.65. The minimum Gasteiger partial charge on any atom is -0.340 e. The molecule has 1 aliphatic heterocycles. The Balaban J connectivity index is 2.54. The standard InChI is InChI=1S/C9H17NO/c1-4-9(11)10-6-5-7(2)8(10)3/h7-8H,4-6H2,1-3H3. The lowest BCUT2D eigenvalue weighted by atomic mass is 10.1. The third-order valence-electron chi connectivity index (χ3n) is 2.76. The van der Waals surface area contributed by atoms with Gasteiger partial charge in [-0.2, -0.15) is 0 Å². The summed E-state index contributed by atoms with van der Waals surface area (Å²) in [7, 11) is 0. The van der Waals surface area contributed by atoms with Gasteiger partial charge in [-0.15, -0.1) is 0 Å². The summed E-state index contributed by atoms with van der Waals surface area (Å²) in [4.78, 5) is 13.3. The molecule has 1 heterocycles. The van der Waals surface area contributed by atoms with Crippen molar-refractivity contribution in [3.8, 4) is 0 Å². The van der Waals surface area contributed by atoms with Gasteiger partial charge in [-0.25, -0.2) is 0 Å². The van der Waals surface area contributed by atoms with Crippen LogP contribution in [0.4, 0.5) is 0 Å². The van der Waals surface area contributed by atoms with Gasteiger partial charge in [-0.1, -0.05) is 13.8 Å². The molecule has 0 spiro atoms. The molecule has 11 heavy (non-hydrogen) atoms. The van der Waals surface area contributed by atoms with Crippen molar-refractivity contribution in [1.82, 2.24) is 4.90 Å². The molecule has 0 aromatic carbocycles. The molecule has 2 unspecified atom stereocenters. The van der Waals surface area contributed by atoms with E-state index in [2.05, 4.69) is 13.8 Å². The van der Waals surface area contributed by atoms with Crippen LogP contribution < -0.4 is 0 Å². The monoisotopic (exact) mass is 155 g/mol. The first-order chi connectivity index (χ1) is 5.16. The second-order valence-electron chi connectivity index (χ2n) is 3.45. The summed E-state index contributed by atoms with van der Waals surface area (Å²) < 4.78 is 0. The Hall–Kier alpha value is -0.530. The van der Waals surface area contributed by atoms with Crippen LogP contribution >= 0.6 is 0 Å². The van der Waals surface area contributed by atoms with Crippen LogP contribution in [0.2, 0.25) is 0 Å². The molecule has 0 N–H and O–H groups in total. The molecule has 1 saturated heterocycles. The molecule has 0 bridgehead atoms. The fourth-order valence-electron chi connectivity index (χ4n) is 1.65.